The third-order valence-electron chi connectivity index (χ3n) is 3.37. The lowest BCUT2D eigenvalue weighted by Crippen LogP contribution is -1.98. The van der Waals surface area contributed by atoms with Crippen LogP contribution in [-0.4, -0.2) is 21.3 Å². The van der Waals surface area contributed by atoms with Gasteiger partial charge >= 0.3 is 0 Å². The highest BCUT2D eigenvalue weighted by molar-refractivity contribution is 5.80. The predicted molar refractivity (Wildman–Crippen MR) is 80.7 cm³/mol. The first-order valence-electron chi connectivity index (χ1n) is 6.28. The first-order valence-corrected chi connectivity index (χ1v) is 6.28. The zero-order valence-corrected chi connectivity index (χ0v) is 12.2. The summed E-state index contributed by atoms with van der Waals surface area (Å²) >= 11 is 0. The van der Waals surface area contributed by atoms with E-state index in [0.717, 1.165) is 22.4 Å². The van der Waals surface area contributed by atoms with Crippen LogP contribution < -0.4 is 19.9 Å². The molecule has 0 unspecified atom stereocenters. The van der Waals surface area contributed by atoms with Crippen LogP contribution >= 0.6 is 0 Å². The van der Waals surface area contributed by atoms with Crippen molar-refractivity contribution in [3.8, 4) is 28.4 Å². The molecule has 20 heavy (non-hydrogen) atoms. The molecule has 0 fully saturated rings. The second kappa shape index (κ2) is 5.74. The molecule has 0 radical (unpaired) electrons. The Balaban J connectivity index is 2.71. The van der Waals surface area contributed by atoms with Gasteiger partial charge < -0.3 is 19.9 Å². The molecule has 0 bridgehead atoms. The number of hydrogen-bond donors (Lipinski definition) is 1. The molecule has 0 spiro atoms. The summed E-state index contributed by atoms with van der Waals surface area (Å²) in [6.07, 6.45) is 0. The van der Waals surface area contributed by atoms with Gasteiger partial charge in [-0.1, -0.05) is 12.1 Å². The van der Waals surface area contributed by atoms with Crippen LogP contribution in [0, 0.1) is 6.92 Å². The molecule has 0 aliphatic heterocycles. The Hall–Kier alpha value is -2.36. The maximum atomic E-state index is 5.98. The average molecular weight is 273 g/mol. The topological polar surface area (TPSA) is 53.7 Å². The molecule has 4 heteroatoms. The quantitative estimate of drug-likeness (QED) is 0.869. The van der Waals surface area contributed by atoms with Crippen LogP contribution in [0.2, 0.25) is 0 Å². The number of hydrogen-bond acceptors (Lipinski definition) is 4. The Morgan fingerprint density at radius 3 is 2.10 bits per heavy atom. The number of benzene rings is 2. The predicted octanol–water partition coefficient (Wildman–Crippen LogP) is 3.27. The van der Waals surface area contributed by atoms with Crippen LogP contribution in [0.1, 0.15) is 5.56 Å². The van der Waals surface area contributed by atoms with Crippen LogP contribution in [0.3, 0.4) is 0 Å². The molecule has 0 aliphatic carbocycles. The van der Waals surface area contributed by atoms with Gasteiger partial charge in [0.25, 0.3) is 0 Å². The minimum atomic E-state index is 0.578. The van der Waals surface area contributed by atoms with Crippen molar-refractivity contribution >= 4 is 5.69 Å². The number of nitrogen functional groups attached to an aromatic ring is 1. The Morgan fingerprint density at radius 2 is 1.50 bits per heavy atom. The minimum Gasteiger partial charge on any atom is -0.493 e. The summed E-state index contributed by atoms with van der Waals surface area (Å²) < 4.78 is 16.2. The fraction of sp³-hybridized carbons (Fsp3) is 0.250. The lowest BCUT2D eigenvalue weighted by molar-refractivity contribution is 0.325. The molecule has 2 N–H and O–H groups in total. The Morgan fingerprint density at radius 1 is 0.800 bits per heavy atom. The van der Waals surface area contributed by atoms with Crippen LogP contribution in [0.25, 0.3) is 11.1 Å². The second-order valence-electron chi connectivity index (χ2n) is 4.40. The van der Waals surface area contributed by atoms with Gasteiger partial charge in [0.2, 0.25) is 5.75 Å². The van der Waals surface area contributed by atoms with Gasteiger partial charge in [0.05, 0.1) is 21.3 Å². The highest BCUT2D eigenvalue weighted by Gasteiger charge is 2.18. The first kappa shape index (κ1) is 14.1. The number of ether oxygens (including phenoxy) is 3. The maximum absolute atomic E-state index is 5.98. The zero-order valence-electron chi connectivity index (χ0n) is 12.2. The maximum Gasteiger partial charge on any atom is 0.203 e. The van der Waals surface area contributed by atoms with Crippen LogP contribution in [-0.2, 0) is 0 Å². The highest BCUT2D eigenvalue weighted by atomic mass is 16.5. The van der Waals surface area contributed by atoms with E-state index in [9.17, 15) is 0 Å². The highest BCUT2D eigenvalue weighted by Crippen LogP contribution is 2.45. The van der Waals surface area contributed by atoms with Crippen molar-refractivity contribution in [1.29, 1.82) is 0 Å². The normalized spacial score (nSPS) is 10.2. The molecule has 4 nitrogen and oxygen atoms in total. The van der Waals surface area contributed by atoms with Crippen LogP contribution in [0.15, 0.2) is 30.3 Å². The summed E-state index contributed by atoms with van der Waals surface area (Å²) in [5.41, 5.74) is 9.68. The van der Waals surface area contributed by atoms with Crippen molar-refractivity contribution in [2.75, 3.05) is 27.1 Å². The van der Waals surface area contributed by atoms with E-state index >= 15 is 0 Å². The van der Waals surface area contributed by atoms with E-state index in [2.05, 4.69) is 0 Å². The fourth-order valence-electron chi connectivity index (χ4n) is 2.26. The third kappa shape index (κ3) is 2.25. The molecule has 0 heterocycles. The summed E-state index contributed by atoms with van der Waals surface area (Å²) in [6, 6.07) is 9.62. The van der Waals surface area contributed by atoms with Gasteiger partial charge in [-0.05, 0) is 36.2 Å². The second-order valence-corrected chi connectivity index (χ2v) is 4.40. The van der Waals surface area contributed by atoms with E-state index < -0.39 is 0 Å². The van der Waals surface area contributed by atoms with E-state index in [4.69, 9.17) is 19.9 Å². The molecule has 2 aromatic rings. The van der Waals surface area contributed by atoms with Gasteiger partial charge in [-0.15, -0.1) is 0 Å². The lowest BCUT2D eigenvalue weighted by Gasteiger charge is -2.17. The molecule has 0 saturated carbocycles. The Labute approximate surface area is 119 Å². The van der Waals surface area contributed by atoms with E-state index in [0.29, 0.717) is 17.2 Å². The van der Waals surface area contributed by atoms with Crippen molar-refractivity contribution in [2.45, 2.75) is 6.92 Å². The van der Waals surface area contributed by atoms with E-state index in [1.54, 1.807) is 21.3 Å². The number of nitrogens with two attached hydrogens (primary N) is 1. The molecule has 2 rings (SSSR count). The summed E-state index contributed by atoms with van der Waals surface area (Å²) in [7, 11) is 4.81. The molecule has 0 aromatic heterocycles. The fourth-order valence-corrected chi connectivity index (χ4v) is 2.26. The number of rotatable bonds is 4. The largest absolute Gasteiger partial charge is 0.493 e. The van der Waals surface area contributed by atoms with Gasteiger partial charge in [-0.2, -0.15) is 0 Å². The van der Waals surface area contributed by atoms with Crippen LogP contribution in [0.4, 0.5) is 5.69 Å². The van der Waals surface area contributed by atoms with E-state index in [1.807, 2.05) is 37.3 Å². The van der Waals surface area contributed by atoms with Crippen molar-refractivity contribution in [3.63, 3.8) is 0 Å². The molecule has 0 amide bonds. The third-order valence-corrected chi connectivity index (χ3v) is 3.37. The monoisotopic (exact) mass is 273 g/mol. The van der Waals surface area contributed by atoms with Crippen molar-refractivity contribution in [2.24, 2.45) is 0 Å². The van der Waals surface area contributed by atoms with Gasteiger partial charge in [-0.3, -0.25) is 0 Å². The van der Waals surface area contributed by atoms with Crippen molar-refractivity contribution in [3.05, 3.63) is 35.9 Å². The van der Waals surface area contributed by atoms with Crippen molar-refractivity contribution < 1.29 is 14.2 Å². The Kier molecular flexibility index (Phi) is 4.03. The summed E-state index contributed by atoms with van der Waals surface area (Å²) in [5, 5.41) is 0. The lowest BCUT2D eigenvalue weighted by atomic mass is 9.98. The smallest absolute Gasteiger partial charge is 0.203 e. The Bertz CT molecular complexity index is 623. The molecular weight excluding hydrogens is 254 g/mol. The zero-order chi connectivity index (χ0) is 14.7. The summed E-state index contributed by atoms with van der Waals surface area (Å²) in [6.45, 7) is 1.99. The SMILES string of the molecule is COc1ccc(-c2cccc(N)c2C)c(OC)c1OC. The first-order chi connectivity index (χ1) is 9.63. The molecule has 0 atom stereocenters. The van der Waals surface area contributed by atoms with Crippen molar-refractivity contribution in [1.82, 2.24) is 0 Å². The molecule has 106 valence electrons. The van der Waals surface area contributed by atoms with Gasteiger partial charge in [0.1, 0.15) is 0 Å². The van der Waals surface area contributed by atoms with Gasteiger partial charge in [-0.25, -0.2) is 0 Å². The minimum absolute atomic E-state index is 0.578. The van der Waals surface area contributed by atoms with Crippen LogP contribution in [0.5, 0.6) is 17.2 Å². The van der Waals surface area contributed by atoms with Gasteiger partial charge in [0, 0.05) is 11.3 Å². The number of anilines is 1. The van der Waals surface area contributed by atoms with Gasteiger partial charge in [0.15, 0.2) is 11.5 Å². The van der Waals surface area contributed by atoms with E-state index in [-0.39, 0.29) is 0 Å². The average Bonchev–Trinajstić information content (AvgIpc) is 2.48. The molecule has 2 aromatic carbocycles. The number of methoxy groups -OCH3 is 3. The molecular formula is C16H19NO3. The summed E-state index contributed by atoms with van der Waals surface area (Å²) in [5.74, 6) is 1.85. The standard InChI is InChI=1S/C16H19NO3/c1-10-11(6-5-7-13(10)17)12-8-9-14(18-2)16(20-4)15(12)19-3/h5-9H,17H2,1-4H3. The molecule has 0 saturated heterocycles. The molecule has 0 aliphatic rings. The summed E-state index contributed by atoms with van der Waals surface area (Å²) in [4.78, 5) is 0. The van der Waals surface area contributed by atoms with E-state index in [1.165, 1.54) is 0 Å².